The van der Waals surface area contributed by atoms with Crippen LogP contribution in [0, 0.1) is 0 Å². The van der Waals surface area contributed by atoms with Crippen LogP contribution in [0.3, 0.4) is 0 Å². The number of hydrogen-bond acceptors (Lipinski definition) is 5. The second-order valence-electron chi connectivity index (χ2n) is 8.88. The molecular weight excluding hydrogens is 454 g/mol. The van der Waals surface area contributed by atoms with E-state index in [1.54, 1.807) is 48.5 Å². The lowest BCUT2D eigenvalue weighted by Gasteiger charge is -2.26. The molecule has 186 valence electrons. The highest BCUT2D eigenvalue weighted by Gasteiger charge is 2.47. The van der Waals surface area contributed by atoms with E-state index in [0.717, 1.165) is 17.5 Å². The molecule has 0 bridgehead atoms. The van der Waals surface area contributed by atoms with Crippen molar-refractivity contribution in [2.45, 2.75) is 46.3 Å². The molecule has 0 radical (unpaired) electrons. The van der Waals surface area contributed by atoms with Crippen molar-refractivity contribution in [2.24, 2.45) is 0 Å². The number of amides is 1. The molecule has 4 rings (SSSR count). The molecule has 1 atom stereocenters. The molecule has 3 aromatic carbocycles. The Kier molecular flexibility index (Phi) is 7.44. The van der Waals surface area contributed by atoms with Crippen molar-refractivity contribution in [3.8, 4) is 11.5 Å². The molecular formula is C30H31NO5. The van der Waals surface area contributed by atoms with Crippen molar-refractivity contribution in [1.82, 2.24) is 0 Å². The van der Waals surface area contributed by atoms with Gasteiger partial charge in [-0.15, -0.1) is 0 Å². The van der Waals surface area contributed by atoms with Crippen LogP contribution < -0.4 is 14.4 Å². The summed E-state index contributed by atoms with van der Waals surface area (Å²) >= 11 is 0. The van der Waals surface area contributed by atoms with Gasteiger partial charge >= 0.3 is 0 Å². The number of aliphatic hydroxyl groups is 1. The van der Waals surface area contributed by atoms with Gasteiger partial charge in [-0.25, -0.2) is 0 Å². The number of nitrogens with zero attached hydrogens (tertiary/aromatic N) is 1. The lowest BCUT2D eigenvalue weighted by molar-refractivity contribution is -0.132. The van der Waals surface area contributed by atoms with Gasteiger partial charge in [0.25, 0.3) is 11.7 Å². The van der Waals surface area contributed by atoms with Crippen molar-refractivity contribution in [3.63, 3.8) is 0 Å². The van der Waals surface area contributed by atoms with Crippen LogP contribution in [0.15, 0.2) is 78.4 Å². The number of aryl methyl sites for hydroxylation is 1. The Bertz CT molecular complexity index is 1260. The molecule has 1 aliphatic heterocycles. The average molecular weight is 486 g/mol. The number of hydrogen-bond donors (Lipinski definition) is 1. The molecule has 1 saturated heterocycles. The van der Waals surface area contributed by atoms with E-state index in [1.807, 2.05) is 45.0 Å². The molecule has 6 nitrogen and oxygen atoms in total. The number of rotatable bonds is 8. The smallest absolute Gasteiger partial charge is 0.300 e. The zero-order valence-corrected chi connectivity index (χ0v) is 21.0. The van der Waals surface area contributed by atoms with Gasteiger partial charge in [0, 0.05) is 11.3 Å². The second-order valence-corrected chi connectivity index (χ2v) is 8.88. The molecule has 1 heterocycles. The molecule has 1 N–H and O–H groups in total. The molecule has 1 unspecified atom stereocenters. The van der Waals surface area contributed by atoms with Gasteiger partial charge in [-0.05, 0) is 86.8 Å². The highest BCUT2D eigenvalue weighted by atomic mass is 16.5. The summed E-state index contributed by atoms with van der Waals surface area (Å²) in [6, 6.07) is 20.9. The highest BCUT2D eigenvalue weighted by Crippen LogP contribution is 2.42. The minimum Gasteiger partial charge on any atom is -0.507 e. The van der Waals surface area contributed by atoms with Crippen LogP contribution in [0.4, 0.5) is 5.69 Å². The molecule has 1 amide bonds. The van der Waals surface area contributed by atoms with E-state index < -0.39 is 17.7 Å². The van der Waals surface area contributed by atoms with Crippen LogP contribution in [0.2, 0.25) is 0 Å². The topological polar surface area (TPSA) is 76.1 Å². The zero-order chi connectivity index (χ0) is 25.8. The van der Waals surface area contributed by atoms with Gasteiger partial charge in [-0.1, -0.05) is 31.2 Å². The predicted octanol–water partition coefficient (Wildman–Crippen LogP) is 6.06. The fourth-order valence-corrected chi connectivity index (χ4v) is 4.34. The van der Waals surface area contributed by atoms with Crippen LogP contribution in [-0.4, -0.2) is 29.5 Å². The SMILES string of the molecule is CCOc1ccc(/C(O)=C2\C(=O)C(=O)N(c3ccc(OC(C)C)cc3)C2c2ccc(CC)cc2)cc1. The number of ether oxygens (including phenoxy) is 2. The molecule has 0 saturated carbocycles. The normalized spacial score (nSPS) is 17.0. The third-order valence-electron chi connectivity index (χ3n) is 6.07. The van der Waals surface area contributed by atoms with Gasteiger partial charge in [0.05, 0.1) is 24.3 Å². The Morgan fingerprint density at radius 3 is 2.06 bits per heavy atom. The lowest BCUT2D eigenvalue weighted by Crippen LogP contribution is -2.29. The van der Waals surface area contributed by atoms with Gasteiger partial charge in [0.2, 0.25) is 0 Å². The fourth-order valence-electron chi connectivity index (χ4n) is 4.34. The Hall–Kier alpha value is -4.06. The third kappa shape index (κ3) is 4.98. The second kappa shape index (κ2) is 10.7. The first-order valence-corrected chi connectivity index (χ1v) is 12.2. The summed E-state index contributed by atoms with van der Waals surface area (Å²) in [7, 11) is 0. The minimum atomic E-state index is -0.778. The number of benzene rings is 3. The number of aliphatic hydroxyl groups excluding tert-OH is 1. The standard InChI is InChI=1S/C30H31NO5/c1-5-20-7-9-21(10-8-20)27-26(28(32)22-11-15-24(16-12-22)35-6-2)29(33)30(34)31(27)23-13-17-25(18-14-23)36-19(3)4/h7-19,27,32H,5-6H2,1-4H3/b28-26+. The molecule has 0 aliphatic carbocycles. The maximum absolute atomic E-state index is 13.3. The number of carbonyl (C=O) groups is 2. The van der Waals surface area contributed by atoms with Crippen molar-refractivity contribution < 1.29 is 24.2 Å². The minimum absolute atomic E-state index is 0.0104. The first-order valence-electron chi connectivity index (χ1n) is 12.2. The van der Waals surface area contributed by atoms with E-state index in [2.05, 4.69) is 6.92 Å². The van der Waals surface area contributed by atoms with Crippen molar-refractivity contribution in [2.75, 3.05) is 11.5 Å². The van der Waals surface area contributed by atoms with Gasteiger partial charge in [-0.2, -0.15) is 0 Å². The van der Waals surface area contributed by atoms with Gasteiger partial charge in [0.1, 0.15) is 17.3 Å². The first-order chi connectivity index (χ1) is 17.3. The van der Waals surface area contributed by atoms with Crippen LogP contribution >= 0.6 is 0 Å². The summed E-state index contributed by atoms with van der Waals surface area (Å²) in [6.07, 6.45) is 0.875. The van der Waals surface area contributed by atoms with Gasteiger partial charge in [0.15, 0.2) is 0 Å². The van der Waals surface area contributed by atoms with Crippen LogP contribution in [0.1, 0.15) is 50.4 Å². The number of anilines is 1. The molecule has 3 aromatic rings. The zero-order valence-electron chi connectivity index (χ0n) is 21.0. The Morgan fingerprint density at radius 1 is 0.889 bits per heavy atom. The molecule has 1 aliphatic rings. The summed E-state index contributed by atoms with van der Waals surface area (Å²) in [5.41, 5.74) is 2.91. The Labute approximate surface area is 211 Å². The maximum atomic E-state index is 13.3. The fraction of sp³-hybridized carbons (Fsp3) is 0.267. The Balaban J connectivity index is 1.83. The summed E-state index contributed by atoms with van der Waals surface area (Å²) in [5.74, 6) is -0.310. The Morgan fingerprint density at radius 2 is 1.50 bits per heavy atom. The molecule has 36 heavy (non-hydrogen) atoms. The van der Waals surface area contributed by atoms with E-state index >= 15 is 0 Å². The molecule has 6 heteroatoms. The first kappa shape index (κ1) is 25.0. The van der Waals surface area contributed by atoms with Crippen LogP contribution in [0.25, 0.3) is 5.76 Å². The number of ketones is 1. The van der Waals surface area contributed by atoms with E-state index in [1.165, 1.54) is 4.90 Å². The van der Waals surface area contributed by atoms with Crippen molar-refractivity contribution in [1.29, 1.82) is 0 Å². The van der Waals surface area contributed by atoms with Crippen LogP contribution in [0.5, 0.6) is 11.5 Å². The number of carbonyl (C=O) groups excluding carboxylic acids is 2. The maximum Gasteiger partial charge on any atom is 0.300 e. The molecule has 1 fully saturated rings. The van der Waals surface area contributed by atoms with E-state index in [9.17, 15) is 14.7 Å². The summed E-state index contributed by atoms with van der Waals surface area (Å²) in [4.78, 5) is 28.1. The predicted molar refractivity (Wildman–Crippen MR) is 140 cm³/mol. The summed E-state index contributed by atoms with van der Waals surface area (Å²) in [6.45, 7) is 8.35. The van der Waals surface area contributed by atoms with E-state index in [-0.39, 0.29) is 17.4 Å². The van der Waals surface area contributed by atoms with E-state index in [0.29, 0.717) is 29.4 Å². The quantitative estimate of drug-likeness (QED) is 0.238. The lowest BCUT2D eigenvalue weighted by atomic mass is 9.94. The molecule has 0 aromatic heterocycles. The summed E-state index contributed by atoms with van der Waals surface area (Å²) < 4.78 is 11.2. The summed E-state index contributed by atoms with van der Waals surface area (Å²) in [5, 5.41) is 11.3. The number of Topliss-reactive ketones (excluding diaryl/α,β-unsaturated/α-hetero) is 1. The monoisotopic (exact) mass is 485 g/mol. The van der Waals surface area contributed by atoms with Crippen molar-refractivity contribution >= 4 is 23.1 Å². The van der Waals surface area contributed by atoms with Gasteiger partial charge < -0.3 is 14.6 Å². The van der Waals surface area contributed by atoms with Crippen LogP contribution in [-0.2, 0) is 16.0 Å². The molecule has 0 spiro atoms. The van der Waals surface area contributed by atoms with E-state index in [4.69, 9.17) is 9.47 Å². The van der Waals surface area contributed by atoms with Crippen molar-refractivity contribution in [3.05, 3.63) is 95.1 Å². The third-order valence-corrected chi connectivity index (χ3v) is 6.07. The average Bonchev–Trinajstić information content (AvgIpc) is 3.14. The highest BCUT2D eigenvalue weighted by molar-refractivity contribution is 6.51. The largest absolute Gasteiger partial charge is 0.507 e. The van der Waals surface area contributed by atoms with Gasteiger partial charge in [-0.3, -0.25) is 14.5 Å².